The molecule has 0 unspecified atom stereocenters. The van der Waals surface area contributed by atoms with Crippen molar-refractivity contribution in [1.82, 2.24) is 10.2 Å². The molecule has 1 saturated heterocycles. The SMILES string of the molecule is CC(C)OC(=O)C[C@@H](NC(=O)CN1CCSC1=O)c1ccccc1Cl. The van der Waals surface area contributed by atoms with Crippen molar-refractivity contribution in [2.75, 3.05) is 18.8 Å². The molecule has 1 aliphatic heterocycles. The monoisotopic (exact) mass is 384 g/mol. The van der Waals surface area contributed by atoms with E-state index in [1.807, 2.05) is 0 Å². The molecule has 0 aliphatic carbocycles. The van der Waals surface area contributed by atoms with E-state index in [0.717, 1.165) is 0 Å². The molecule has 1 aromatic rings. The van der Waals surface area contributed by atoms with Crippen molar-refractivity contribution in [3.63, 3.8) is 0 Å². The standard InChI is InChI=1S/C17H21ClN2O4S/c1-11(2)24-16(22)9-14(12-5-3-4-6-13(12)18)19-15(21)10-20-7-8-25-17(20)23/h3-6,11,14H,7-10H2,1-2H3,(H,19,21)/t14-/m1/s1. The molecule has 1 aromatic carbocycles. The maximum absolute atomic E-state index is 12.3. The summed E-state index contributed by atoms with van der Waals surface area (Å²) < 4.78 is 5.17. The van der Waals surface area contributed by atoms with Crippen molar-refractivity contribution in [3.05, 3.63) is 34.9 Å². The largest absolute Gasteiger partial charge is 0.463 e. The van der Waals surface area contributed by atoms with Gasteiger partial charge in [0.05, 0.1) is 18.6 Å². The summed E-state index contributed by atoms with van der Waals surface area (Å²) in [6.45, 7) is 4.03. The average molecular weight is 385 g/mol. The number of nitrogens with one attached hydrogen (secondary N) is 1. The van der Waals surface area contributed by atoms with Gasteiger partial charge in [0, 0.05) is 17.3 Å². The minimum Gasteiger partial charge on any atom is -0.463 e. The van der Waals surface area contributed by atoms with Gasteiger partial charge in [0.15, 0.2) is 0 Å². The summed E-state index contributed by atoms with van der Waals surface area (Å²) in [4.78, 5) is 37.5. The van der Waals surface area contributed by atoms with Crippen LogP contribution < -0.4 is 5.32 Å². The molecule has 2 amide bonds. The number of nitrogens with zero attached hydrogens (tertiary/aromatic N) is 1. The van der Waals surface area contributed by atoms with Gasteiger partial charge in [-0.2, -0.15) is 0 Å². The predicted molar refractivity (Wildman–Crippen MR) is 97.6 cm³/mol. The predicted octanol–water partition coefficient (Wildman–Crippen LogP) is 3.01. The summed E-state index contributed by atoms with van der Waals surface area (Å²) >= 11 is 7.41. The molecule has 1 aliphatic rings. The highest BCUT2D eigenvalue weighted by Gasteiger charge is 2.26. The van der Waals surface area contributed by atoms with Crippen LogP contribution in [0.3, 0.4) is 0 Å². The van der Waals surface area contributed by atoms with Crippen LogP contribution in [0.2, 0.25) is 5.02 Å². The molecule has 25 heavy (non-hydrogen) atoms. The second kappa shape index (κ2) is 9.10. The summed E-state index contributed by atoms with van der Waals surface area (Å²) in [5, 5.41) is 3.15. The average Bonchev–Trinajstić information content (AvgIpc) is 2.91. The fraction of sp³-hybridized carbons (Fsp3) is 0.471. The van der Waals surface area contributed by atoms with Crippen molar-refractivity contribution in [2.45, 2.75) is 32.4 Å². The number of carbonyl (C=O) groups excluding carboxylic acids is 3. The van der Waals surface area contributed by atoms with E-state index in [0.29, 0.717) is 22.9 Å². The first-order chi connectivity index (χ1) is 11.9. The fourth-order valence-corrected chi connectivity index (χ4v) is 3.55. The normalized spacial score (nSPS) is 15.4. The molecule has 0 radical (unpaired) electrons. The Morgan fingerprint density at radius 2 is 2.08 bits per heavy atom. The zero-order valence-electron chi connectivity index (χ0n) is 14.2. The third-order valence-electron chi connectivity index (χ3n) is 3.53. The summed E-state index contributed by atoms with van der Waals surface area (Å²) in [6.07, 6.45) is -0.273. The molecular weight excluding hydrogens is 364 g/mol. The van der Waals surface area contributed by atoms with Gasteiger partial charge in [0.1, 0.15) is 6.54 Å². The van der Waals surface area contributed by atoms with E-state index >= 15 is 0 Å². The van der Waals surface area contributed by atoms with Crippen molar-refractivity contribution in [2.24, 2.45) is 0 Å². The molecule has 2 rings (SSSR count). The Hall–Kier alpha value is -1.73. The Kier molecular flexibility index (Phi) is 7.13. The van der Waals surface area contributed by atoms with E-state index in [1.54, 1.807) is 38.1 Å². The van der Waals surface area contributed by atoms with Gasteiger partial charge < -0.3 is 15.0 Å². The number of carbonyl (C=O) groups is 3. The van der Waals surface area contributed by atoms with Crippen LogP contribution in [0, 0.1) is 0 Å². The van der Waals surface area contributed by atoms with Gasteiger partial charge in [0.2, 0.25) is 5.91 Å². The number of rotatable bonds is 7. The molecule has 1 atom stereocenters. The lowest BCUT2D eigenvalue weighted by atomic mass is 10.0. The number of ether oxygens (including phenoxy) is 1. The molecule has 0 spiro atoms. The van der Waals surface area contributed by atoms with Crippen LogP contribution in [0.25, 0.3) is 0 Å². The highest BCUT2D eigenvalue weighted by Crippen LogP contribution is 2.26. The van der Waals surface area contributed by atoms with Crippen LogP contribution in [-0.4, -0.2) is 47.0 Å². The molecule has 1 N–H and O–H groups in total. The van der Waals surface area contributed by atoms with Gasteiger partial charge in [-0.3, -0.25) is 14.4 Å². The highest BCUT2D eigenvalue weighted by atomic mass is 35.5. The summed E-state index contributed by atoms with van der Waals surface area (Å²) in [5.74, 6) is -0.0769. The van der Waals surface area contributed by atoms with Crippen LogP contribution in [0.15, 0.2) is 24.3 Å². The Balaban J connectivity index is 2.08. The van der Waals surface area contributed by atoms with Crippen molar-refractivity contribution < 1.29 is 19.1 Å². The van der Waals surface area contributed by atoms with Crippen LogP contribution >= 0.6 is 23.4 Å². The summed E-state index contributed by atoms with van der Waals surface area (Å²) in [6, 6.07) is 6.40. The summed E-state index contributed by atoms with van der Waals surface area (Å²) in [7, 11) is 0. The van der Waals surface area contributed by atoms with Gasteiger partial charge in [-0.05, 0) is 25.5 Å². The van der Waals surface area contributed by atoms with Gasteiger partial charge in [0.25, 0.3) is 5.24 Å². The van der Waals surface area contributed by atoms with Crippen LogP contribution in [-0.2, 0) is 14.3 Å². The van der Waals surface area contributed by atoms with Gasteiger partial charge >= 0.3 is 5.97 Å². The lowest BCUT2D eigenvalue weighted by Crippen LogP contribution is -2.39. The van der Waals surface area contributed by atoms with Gasteiger partial charge in [-0.1, -0.05) is 41.6 Å². The third-order valence-corrected chi connectivity index (χ3v) is 4.77. The van der Waals surface area contributed by atoms with Crippen LogP contribution in [0.1, 0.15) is 31.9 Å². The Bertz CT molecular complexity index is 653. The second-order valence-corrected chi connectivity index (χ2v) is 7.37. The van der Waals surface area contributed by atoms with E-state index in [2.05, 4.69) is 5.32 Å². The zero-order chi connectivity index (χ0) is 18.4. The van der Waals surface area contributed by atoms with Crippen molar-refractivity contribution in [1.29, 1.82) is 0 Å². The molecule has 0 aromatic heterocycles. The van der Waals surface area contributed by atoms with E-state index in [9.17, 15) is 14.4 Å². The lowest BCUT2D eigenvalue weighted by molar-refractivity contribution is -0.148. The number of esters is 1. The Labute approximate surface area is 156 Å². The minimum absolute atomic E-state index is 0.0314. The fourth-order valence-electron chi connectivity index (χ4n) is 2.46. The molecule has 1 fully saturated rings. The molecule has 0 saturated carbocycles. The third kappa shape index (κ3) is 5.93. The van der Waals surface area contributed by atoms with Crippen molar-refractivity contribution in [3.8, 4) is 0 Å². The number of halogens is 1. The number of amides is 2. The number of hydrogen-bond acceptors (Lipinski definition) is 5. The van der Waals surface area contributed by atoms with Crippen LogP contribution in [0.5, 0.6) is 0 Å². The Morgan fingerprint density at radius 3 is 2.68 bits per heavy atom. The molecule has 1 heterocycles. The maximum atomic E-state index is 12.3. The molecule has 0 bridgehead atoms. The van der Waals surface area contributed by atoms with Gasteiger partial charge in [-0.15, -0.1) is 0 Å². The Morgan fingerprint density at radius 1 is 1.36 bits per heavy atom. The first kappa shape index (κ1) is 19.6. The van der Waals surface area contributed by atoms with E-state index in [-0.39, 0.29) is 30.2 Å². The topological polar surface area (TPSA) is 75.7 Å². The molecule has 136 valence electrons. The van der Waals surface area contributed by atoms with E-state index < -0.39 is 12.0 Å². The lowest BCUT2D eigenvalue weighted by Gasteiger charge is -2.22. The first-order valence-corrected chi connectivity index (χ1v) is 9.38. The smallest absolute Gasteiger partial charge is 0.308 e. The minimum atomic E-state index is -0.613. The number of hydrogen-bond donors (Lipinski definition) is 1. The molecular formula is C17H21ClN2O4S. The summed E-state index contributed by atoms with van der Waals surface area (Å²) in [5.41, 5.74) is 0.639. The van der Waals surface area contributed by atoms with E-state index in [1.165, 1.54) is 16.7 Å². The zero-order valence-corrected chi connectivity index (χ0v) is 15.7. The highest BCUT2D eigenvalue weighted by molar-refractivity contribution is 8.13. The molecule has 8 heteroatoms. The van der Waals surface area contributed by atoms with Crippen LogP contribution in [0.4, 0.5) is 4.79 Å². The number of thioether (sulfide) groups is 1. The van der Waals surface area contributed by atoms with E-state index in [4.69, 9.17) is 16.3 Å². The first-order valence-electron chi connectivity index (χ1n) is 8.01. The molecule has 6 nitrogen and oxygen atoms in total. The van der Waals surface area contributed by atoms with Crippen molar-refractivity contribution >= 4 is 40.5 Å². The van der Waals surface area contributed by atoms with Gasteiger partial charge in [-0.25, -0.2) is 0 Å². The number of benzene rings is 1. The second-order valence-electron chi connectivity index (χ2n) is 5.92. The maximum Gasteiger partial charge on any atom is 0.308 e. The quantitative estimate of drug-likeness (QED) is 0.731.